The van der Waals surface area contributed by atoms with Crippen LogP contribution in [0, 0.1) is 0 Å². The molecule has 178 valence electrons. The van der Waals surface area contributed by atoms with Crippen LogP contribution in [0.2, 0.25) is 0 Å². The fraction of sp³-hybridized carbons (Fsp3) is 0.310. The minimum Gasteiger partial charge on any atom is -0.504 e. The van der Waals surface area contributed by atoms with Crippen molar-refractivity contribution in [3.05, 3.63) is 88.1 Å². The van der Waals surface area contributed by atoms with E-state index in [0.29, 0.717) is 5.56 Å². The summed E-state index contributed by atoms with van der Waals surface area (Å²) in [6, 6.07) is 5.73. The number of aromatic nitrogens is 1. The second-order valence-corrected chi connectivity index (χ2v) is 9.15. The van der Waals surface area contributed by atoms with Gasteiger partial charge in [-0.3, -0.25) is 9.59 Å². The summed E-state index contributed by atoms with van der Waals surface area (Å²) in [6.07, 6.45) is 14.1. The van der Waals surface area contributed by atoms with Crippen molar-refractivity contribution in [2.75, 3.05) is 0 Å². The molecule has 0 aliphatic heterocycles. The molecular weight excluding hydrogens is 426 g/mol. The standard InChI is InChI=1S/C29H33NO4/c1-18(2)8-5-9-19(3)10-6-11-20(4)14-15-21-12-7-13-22-23(17-30-27(21)22)26-28(33)24(31)16-25(32)29(26)34/h7-8,10,12-14,16-17,30-31,34H,5-6,9,11,15H2,1-4H3/b19-10+,20-14+. The van der Waals surface area contributed by atoms with Crippen LogP contribution < -0.4 is 0 Å². The highest BCUT2D eigenvalue weighted by Crippen LogP contribution is 2.33. The maximum Gasteiger partial charge on any atom is 0.231 e. The highest BCUT2D eigenvalue weighted by atomic mass is 16.3. The van der Waals surface area contributed by atoms with Gasteiger partial charge in [0.1, 0.15) is 0 Å². The molecule has 1 aliphatic carbocycles. The van der Waals surface area contributed by atoms with Gasteiger partial charge in [0.15, 0.2) is 11.5 Å². The van der Waals surface area contributed by atoms with Crippen LogP contribution in [0.25, 0.3) is 16.5 Å². The number of para-hydroxylation sites is 1. The van der Waals surface area contributed by atoms with Crippen LogP contribution >= 0.6 is 0 Å². The van der Waals surface area contributed by atoms with Crippen molar-refractivity contribution in [1.82, 2.24) is 4.98 Å². The van der Waals surface area contributed by atoms with E-state index in [2.05, 4.69) is 50.9 Å². The molecule has 3 rings (SSSR count). The number of ketones is 2. The summed E-state index contributed by atoms with van der Waals surface area (Å²) in [6.45, 7) is 8.58. The largest absolute Gasteiger partial charge is 0.504 e. The third-order valence-corrected chi connectivity index (χ3v) is 6.06. The van der Waals surface area contributed by atoms with Gasteiger partial charge in [0, 0.05) is 28.7 Å². The molecule has 0 amide bonds. The maximum absolute atomic E-state index is 12.4. The first kappa shape index (κ1) is 25.0. The van der Waals surface area contributed by atoms with Gasteiger partial charge in [-0.2, -0.15) is 0 Å². The number of hydrogen-bond donors (Lipinski definition) is 3. The average Bonchev–Trinajstić information content (AvgIpc) is 3.21. The lowest BCUT2D eigenvalue weighted by Gasteiger charge is -2.12. The number of carbonyl (C=O) groups is 2. The molecule has 0 atom stereocenters. The van der Waals surface area contributed by atoms with Crippen LogP contribution in [0.15, 0.2) is 76.9 Å². The van der Waals surface area contributed by atoms with E-state index in [-0.39, 0.29) is 5.57 Å². The van der Waals surface area contributed by atoms with E-state index in [0.717, 1.165) is 54.6 Å². The molecule has 0 radical (unpaired) electrons. The number of aliphatic hydroxyl groups is 2. The second kappa shape index (κ2) is 11.0. The monoisotopic (exact) mass is 459 g/mol. The Kier molecular flexibility index (Phi) is 8.11. The van der Waals surface area contributed by atoms with Gasteiger partial charge in [0.05, 0.1) is 5.57 Å². The van der Waals surface area contributed by atoms with E-state index in [4.69, 9.17) is 0 Å². The van der Waals surface area contributed by atoms with Crippen LogP contribution in [-0.4, -0.2) is 26.8 Å². The average molecular weight is 460 g/mol. The number of H-pyrrole nitrogens is 1. The number of allylic oxidation sites excluding steroid dienone is 8. The lowest BCUT2D eigenvalue weighted by atomic mass is 9.92. The predicted molar refractivity (Wildman–Crippen MR) is 138 cm³/mol. The number of fused-ring (bicyclic) bond motifs is 1. The minimum atomic E-state index is -0.780. The third-order valence-electron chi connectivity index (χ3n) is 6.06. The predicted octanol–water partition coefficient (Wildman–Crippen LogP) is 6.99. The van der Waals surface area contributed by atoms with Crippen molar-refractivity contribution < 1.29 is 19.8 Å². The van der Waals surface area contributed by atoms with Gasteiger partial charge in [-0.15, -0.1) is 0 Å². The third kappa shape index (κ3) is 5.84. The number of benzene rings is 1. The van der Waals surface area contributed by atoms with E-state index >= 15 is 0 Å². The van der Waals surface area contributed by atoms with Gasteiger partial charge < -0.3 is 15.2 Å². The van der Waals surface area contributed by atoms with Crippen molar-refractivity contribution in [3.8, 4) is 0 Å². The Morgan fingerprint density at radius 3 is 2.32 bits per heavy atom. The zero-order chi connectivity index (χ0) is 24.8. The molecule has 5 heteroatoms. The number of rotatable bonds is 9. The first-order chi connectivity index (χ1) is 16.2. The van der Waals surface area contributed by atoms with Crippen molar-refractivity contribution in [2.45, 2.75) is 59.8 Å². The SMILES string of the molecule is CC(C)=CCC/C(C)=C/CC/C(C)=C/Cc1cccc2c(C3=C(O)C(=O)C=C(O)C3=O)c[nH]c12. The van der Waals surface area contributed by atoms with Gasteiger partial charge >= 0.3 is 0 Å². The fourth-order valence-corrected chi connectivity index (χ4v) is 4.08. The highest BCUT2D eigenvalue weighted by Gasteiger charge is 2.31. The van der Waals surface area contributed by atoms with Gasteiger partial charge in [-0.1, -0.05) is 53.1 Å². The molecule has 0 bridgehead atoms. The Morgan fingerprint density at radius 1 is 0.941 bits per heavy atom. The van der Waals surface area contributed by atoms with Crippen LogP contribution in [0.3, 0.4) is 0 Å². The molecule has 0 spiro atoms. The van der Waals surface area contributed by atoms with Crippen LogP contribution in [0.1, 0.15) is 64.5 Å². The molecule has 0 fully saturated rings. The van der Waals surface area contributed by atoms with Gasteiger partial charge in [0.25, 0.3) is 0 Å². The summed E-state index contributed by atoms with van der Waals surface area (Å²) >= 11 is 0. The van der Waals surface area contributed by atoms with Crippen molar-refractivity contribution in [1.29, 1.82) is 0 Å². The van der Waals surface area contributed by atoms with Gasteiger partial charge in [0.2, 0.25) is 11.6 Å². The van der Waals surface area contributed by atoms with Gasteiger partial charge in [-0.25, -0.2) is 0 Å². The zero-order valence-electron chi connectivity index (χ0n) is 20.4. The molecule has 0 unspecified atom stereocenters. The first-order valence-electron chi connectivity index (χ1n) is 11.7. The van der Waals surface area contributed by atoms with Crippen LogP contribution in [0.5, 0.6) is 0 Å². The fourth-order valence-electron chi connectivity index (χ4n) is 4.08. The summed E-state index contributed by atoms with van der Waals surface area (Å²) in [7, 11) is 0. The lowest BCUT2D eigenvalue weighted by molar-refractivity contribution is -0.117. The second-order valence-electron chi connectivity index (χ2n) is 9.15. The van der Waals surface area contributed by atoms with E-state index in [1.807, 2.05) is 18.2 Å². The molecule has 1 aromatic heterocycles. The Labute approximate surface area is 200 Å². The lowest BCUT2D eigenvalue weighted by Crippen LogP contribution is -2.18. The van der Waals surface area contributed by atoms with Crippen LogP contribution in [-0.2, 0) is 16.0 Å². The minimum absolute atomic E-state index is 0.174. The summed E-state index contributed by atoms with van der Waals surface area (Å²) in [5.41, 5.74) is 6.20. The summed E-state index contributed by atoms with van der Waals surface area (Å²) in [5.74, 6) is -2.85. The van der Waals surface area contributed by atoms with E-state index < -0.39 is 23.1 Å². The van der Waals surface area contributed by atoms with Gasteiger partial charge in [-0.05, 0) is 65.4 Å². The normalized spacial score (nSPS) is 15.2. The number of hydrogen-bond acceptors (Lipinski definition) is 4. The van der Waals surface area contributed by atoms with E-state index in [1.54, 1.807) is 6.20 Å². The Morgan fingerprint density at radius 2 is 1.62 bits per heavy atom. The van der Waals surface area contributed by atoms with E-state index in [1.165, 1.54) is 16.7 Å². The Balaban J connectivity index is 1.72. The molecule has 34 heavy (non-hydrogen) atoms. The molecule has 0 saturated heterocycles. The van der Waals surface area contributed by atoms with Crippen LogP contribution in [0.4, 0.5) is 0 Å². The zero-order valence-corrected chi connectivity index (χ0v) is 20.4. The number of Topliss-reactive ketones (excluding diaryl/α,β-unsaturated/α-hetero) is 1. The molecule has 0 saturated carbocycles. The summed E-state index contributed by atoms with van der Waals surface area (Å²) in [5, 5.41) is 20.7. The highest BCUT2D eigenvalue weighted by molar-refractivity contribution is 6.38. The molecule has 1 heterocycles. The first-order valence-corrected chi connectivity index (χ1v) is 11.7. The molecule has 1 aromatic carbocycles. The molecular formula is C29H33NO4. The summed E-state index contributed by atoms with van der Waals surface area (Å²) < 4.78 is 0. The Hall–Kier alpha value is -3.60. The molecule has 1 aliphatic rings. The molecule has 2 aromatic rings. The summed E-state index contributed by atoms with van der Waals surface area (Å²) in [4.78, 5) is 27.5. The molecule has 5 nitrogen and oxygen atoms in total. The number of nitrogens with one attached hydrogen (secondary N) is 1. The maximum atomic E-state index is 12.4. The number of aliphatic hydroxyl groups excluding tert-OH is 2. The van der Waals surface area contributed by atoms with Crippen molar-refractivity contribution >= 4 is 28.0 Å². The molecule has 3 N–H and O–H groups in total. The quantitative estimate of drug-likeness (QED) is 0.278. The van der Waals surface area contributed by atoms with Crippen molar-refractivity contribution in [3.63, 3.8) is 0 Å². The smallest absolute Gasteiger partial charge is 0.231 e. The number of aromatic amines is 1. The van der Waals surface area contributed by atoms with E-state index in [9.17, 15) is 19.8 Å². The number of carbonyl (C=O) groups excluding carboxylic acids is 2. The topological polar surface area (TPSA) is 90.4 Å². The van der Waals surface area contributed by atoms with Crippen molar-refractivity contribution in [2.24, 2.45) is 0 Å². The Bertz CT molecular complexity index is 1260.